The van der Waals surface area contributed by atoms with Gasteiger partial charge in [0.15, 0.2) is 0 Å². The summed E-state index contributed by atoms with van der Waals surface area (Å²) in [4.78, 5) is 35.2. The Morgan fingerprint density at radius 1 is 0.968 bits per heavy atom. The molecule has 0 bridgehead atoms. The van der Waals surface area contributed by atoms with Crippen LogP contribution >= 0.6 is 0 Å². The van der Waals surface area contributed by atoms with E-state index >= 15 is 0 Å². The van der Waals surface area contributed by atoms with Gasteiger partial charge < -0.3 is 14.5 Å². The maximum atomic E-state index is 12.8. The summed E-state index contributed by atoms with van der Waals surface area (Å²) in [6, 6.07) is 21.2. The smallest absolute Gasteiger partial charge is 0.325 e. The molecule has 0 saturated carbocycles. The number of rotatable bonds is 5. The van der Waals surface area contributed by atoms with E-state index in [2.05, 4.69) is 4.98 Å². The van der Waals surface area contributed by atoms with E-state index in [-0.39, 0.29) is 24.6 Å². The number of fused-ring (bicyclic) bond motifs is 1. The molecule has 7 heteroatoms. The number of urea groups is 1. The number of benzene rings is 2. The minimum Gasteiger partial charge on any atom is -0.472 e. The number of amides is 3. The van der Waals surface area contributed by atoms with Gasteiger partial charge in [0.05, 0.1) is 12.1 Å². The Morgan fingerprint density at radius 2 is 1.77 bits per heavy atom. The molecule has 2 aliphatic heterocycles. The van der Waals surface area contributed by atoms with E-state index in [9.17, 15) is 9.59 Å². The first-order valence-corrected chi connectivity index (χ1v) is 10.6. The molecule has 0 radical (unpaired) electrons. The Labute approximate surface area is 180 Å². The van der Waals surface area contributed by atoms with Crippen LogP contribution in [0.1, 0.15) is 6.42 Å². The summed E-state index contributed by atoms with van der Waals surface area (Å²) in [7, 11) is 0. The van der Waals surface area contributed by atoms with E-state index in [0.29, 0.717) is 32.1 Å². The van der Waals surface area contributed by atoms with Crippen LogP contribution in [0.3, 0.4) is 0 Å². The maximum Gasteiger partial charge on any atom is 0.325 e. The Morgan fingerprint density at radius 3 is 2.65 bits per heavy atom. The predicted molar refractivity (Wildman–Crippen MR) is 118 cm³/mol. The van der Waals surface area contributed by atoms with Crippen LogP contribution in [0.5, 0.6) is 5.88 Å². The monoisotopic (exact) mass is 416 g/mol. The molecule has 7 nitrogen and oxygen atoms in total. The van der Waals surface area contributed by atoms with Crippen LogP contribution in [-0.2, 0) is 4.79 Å². The zero-order chi connectivity index (χ0) is 21.2. The van der Waals surface area contributed by atoms with Crippen LogP contribution in [-0.4, -0.2) is 65.5 Å². The lowest BCUT2D eigenvalue weighted by Crippen LogP contribution is -2.42. The molecule has 2 aliphatic rings. The average Bonchev–Trinajstić information content (AvgIpc) is 3.41. The Bertz CT molecular complexity index is 1100. The summed E-state index contributed by atoms with van der Waals surface area (Å²) in [5.41, 5.74) is 1.75. The standard InChI is InChI=1S/C24H24N4O3/c29-23(17-27-14-15-28(24(27)30)19-7-2-1-3-8-19)26-13-12-20(16-26)31-22-11-10-18-6-4-5-9-21(18)25-22/h1-11,20H,12-17H2. The Hall–Kier alpha value is -3.61. The molecule has 2 aromatic carbocycles. The van der Waals surface area contributed by atoms with Crippen LogP contribution < -0.4 is 9.64 Å². The van der Waals surface area contributed by atoms with Gasteiger partial charge >= 0.3 is 6.03 Å². The van der Waals surface area contributed by atoms with Gasteiger partial charge in [-0.05, 0) is 24.3 Å². The molecule has 5 rings (SSSR count). The van der Waals surface area contributed by atoms with Crippen molar-refractivity contribution in [3.05, 3.63) is 66.7 Å². The molecule has 1 atom stereocenters. The predicted octanol–water partition coefficient (Wildman–Crippen LogP) is 3.16. The summed E-state index contributed by atoms with van der Waals surface area (Å²) >= 11 is 0. The van der Waals surface area contributed by atoms with Crippen LogP contribution in [0.2, 0.25) is 0 Å². The lowest BCUT2D eigenvalue weighted by atomic mass is 10.2. The summed E-state index contributed by atoms with van der Waals surface area (Å²) in [6.45, 7) is 2.38. The summed E-state index contributed by atoms with van der Waals surface area (Å²) in [5, 5.41) is 1.07. The van der Waals surface area contributed by atoms with Gasteiger partial charge in [-0.3, -0.25) is 9.69 Å². The molecule has 2 fully saturated rings. The first-order chi connectivity index (χ1) is 15.2. The molecular weight excluding hydrogens is 392 g/mol. The number of ether oxygens (including phenoxy) is 1. The number of hydrogen-bond donors (Lipinski definition) is 0. The van der Waals surface area contributed by atoms with Crippen molar-refractivity contribution in [3.63, 3.8) is 0 Å². The molecule has 3 heterocycles. The van der Waals surface area contributed by atoms with Crippen molar-refractivity contribution in [2.45, 2.75) is 12.5 Å². The third kappa shape index (κ3) is 4.03. The number of aromatic nitrogens is 1. The summed E-state index contributed by atoms with van der Waals surface area (Å²) in [6.07, 6.45) is 0.664. The quantitative estimate of drug-likeness (QED) is 0.641. The zero-order valence-corrected chi connectivity index (χ0v) is 17.2. The van der Waals surface area contributed by atoms with E-state index in [1.807, 2.05) is 66.7 Å². The fraction of sp³-hybridized carbons (Fsp3) is 0.292. The van der Waals surface area contributed by atoms with Crippen LogP contribution in [0, 0.1) is 0 Å². The minimum absolute atomic E-state index is 0.0409. The van der Waals surface area contributed by atoms with Gasteiger partial charge in [-0.2, -0.15) is 0 Å². The van der Waals surface area contributed by atoms with Crippen molar-refractivity contribution in [3.8, 4) is 5.88 Å². The molecule has 3 amide bonds. The molecule has 2 saturated heterocycles. The van der Waals surface area contributed by atoms with Gasteiger partial charge in [0.1, 0.15) is 12.6 Å². The first kappa shape index (κ1) is 19.4. The number of pyridine rings is 1. The SMILES string of the molecule is O=C(CN1CCN(c2ccccc2)C1=O)N1CCC(Oc2ccc3ccccc3n2)C1. The van der Waals surface area contributed by atoms with Gasteiger partial charge in [0.25, 0.3) is 0 Å². The van der Waals surface area contributed by atoms with E-state index in [4.69, 9.17) is 4.74 Å². The summed E-state index contributed by atoms with van der Waals surface area (Å²) in [5.74, 6) is 0.534. The van der Waals surface area contributed by atoms with E-state index in [1.165, 1.54) is 0 Å². The largest absolute Gasteiger partial charge is 0.472 e. The van der Waals surface area contributed by atoms with Gasteiger partial charge in [-0.15, -0.1) is 0 Å². The lowest BCUT2D eigenvalue weighted by molar-refractivity contribution is -0.130. The third-order valence-electron chi connectivity index (χ3n) is 5.85. The Balaban J connectivity index is 1.16. The molecule has 0 aliphatic carbocycles. The summed E-state index contributed by atoms with van der Waals surface area (Å²) < 4.78 is 6.04. The second-order valence-electron chi connectivity index (χ2n) is 7.90. The van der Waals surface area contributed by atoms with Gasteiger partial charge in [-0.1, -0.05) is 36.4 Å². The normalized spacial score (nSPS) is 18.8. The highest BCUT2D eigenvalue weighted by molar-refractivity contribution is 5.96. The molecule has 1 unspecified atom stereocenters. The number of nitrogens with zero attached hydrogens (tertiary/aromatic N) is 4. The van der Waals surface area contributed by atoms with E-state index in [1.54, 1.807) is 14.7 Å². The molecule has 31 heavy (non-hydrogen) atoms. The molecule has 0 N–H and O–H groups in total. The van der Waals surface area contributed by atoms with Gasteiger partial charge in [0, 0.05) is 43.2 Å². The third-order valence-corrected chi connectivity index (χ3v) is 5.85. The van der Waals surface area contributed by atoms with Crippen molar-refractivity contribution < 1.29 is 14.3 Å². The maximum absolute atomic E-state index is 12.8. The minimum atomic E-state index is -0.119. The fourth-order valence-electron chi connectivity index (χ4n) is 4.17. The fourth-order valence-corrected chi connectivity index (χ4v) is 4.17. The molecule has 3 aromatic rings. The van der Waals surface area contributed by atoms with Crippen molar-refractivity contribution in [2.24, 2.45) is 0 Å². The number of likely N-dealkylation sites (tertiary alicyclic amines) is 1. The topological polar surface area (TPSA) is 66.0 Å². The number of anilines is 1. The van der Waals surface area contributed by atoms with E-state index < -0.39 is 0 Å². The lowest BCUT2D eigenvalue weighted by Gasteiger charge is -2.22. The molecule has 1 aromatic heterocycles. The van der Waals surface area contributed by atoms with Crippen molar-refractivity contribution in [1.29, 1.82) is 0 Å². The zero-order valence-electron chi connectivity index (χ0n) is 17.2. The first-order valence-electron chi connectivity index (χ1n) is 10.6. The highest BCUT2D eigenvalue weighted by atomic mass is 16.5. The van der Waals surface area contributed by atoms with Crippen LogP contribution in [0.4, 0.5) is 10.5 Å². The van der Waals surface area contributed by atoms with Gasteiger partial charge in [0.2, 0.25) is 11.8 Å². The average molecular weight is 416 g/mol. The number of carbonyl (C=O) groups excluding carboxylic acids is 2. The van der Waals surface area contributed by atoms with Gasteiger partial charge in [-0.25, -0.2) is 9.78 Å². The second-order valence-corrected chi connectivity index (χ2v) is 7.90. The van der Waals surface area contributed by atoms with Crippen molar-refractivity contribution >= 4 is 28.5 Å². The van der Waals surface area contributed by atoms with Crippen molar-refractivity contribution in [1.82, 2.24) is 14.8 Å². The highest BCUT2D eigenvalue weighted by Gasteiger charge is 2.34. The number of carbonyl (C=O) groups is 2. The molecular formula is C24H24N4O3. The highest BCUT2D eigenvalue weighted by Crippen LogP contribution is 2.22. The number of para-hydroxylation sites is 2. The Kier molecular flexibility index (Phi) is 5.16. The molecule has 0 spiro atoms. The number of hydrogen-bond acceptors (Lipinski definition) is 4. The molecule has 158 valence electrons. The van der Waals surface area contributed by atoms with E-state index in [0.717, 1.165) is 23.0 Å². The van der Waals surface area contributed by atoms with Crippen LogP contribution in [0.25, 0.3) is 10.9 Å². The second kappa shape index (κ2) is 8.26. The van der Waals surface area contributed by atoms with Crippen LogP contribution in [0.15, 0.2) is 66.7 Å². The van der Waals surface area contributed by atoms with Crippen molar-refractivity contribution in [2.75, 3.05) is 37.6 Å².